The number of benzene rings is 1. The van der Waals surface area contributed by atoms with E-state index in [2.05, 4.69) is 25.4 Å². The molecule has 0 aliphatic carbocycles. The molecular formula is C18H15ClN6O. The van der Waals surface area contributed by atoms with Gasteiger partial charge < -0.3 is 5.32 Å². The molecule has 0 unspecified atom stereocenters. The highest BCUT2D eigenvalue weighted by atomic mass is 35.5. The highest BCUT2D eigenvalue weighted by Gasteiger charge is 2.11. The van der Waals surface area contributed by atoms with E-state index in [9.17, 15) is 4.79 Å². The number of nitrogens with one attached hydrogen (secondary N) is 2. The first-order chi connectivity index (χ1) is 12.5. The van der Waals surface area contributed by atoms with Crippen LogP contribution in [-0.4, -0.2) is 24.7 Å². The topological polar surface area (TPSA) is 88.5 Å². The molecule has 0 atom stereocenters. The lowest BCUT2D eigenvalue weighted by Crippen LogP contribution is -2.03. The average molecular weight is 367 g/mol. The molecule has 4 aromatic rings. The van der Waals surface area contributed by atoms with Crippen molar-refractivity contribution in [2.45, 2.75) is 13.8 Å². The summed E-state index contributed by atoms with van der Waals surface area (Å²) in [6, 6.07) is 10.9. The maximum atomic E-state index is 12.2. The Morgan fingerprint density at radius 1 is 1.12 bits per heavy atom. The summed E-state index contributed by atoms with van der Waals surface area (Å²) in [6.07, 6.45) is 1.54. The summed E-state index contributed by atoms with van der Waals surface area (Å²) in [6.45, 7) is 3.73. The molecule has 8 heteroatoms. The van der Waals surface area contributed by atoms with Gasteiger partial charge in [0.15, 0.2) is 0 Å². The highest BCUT2D eigenvalue weighted by Crippen LogP contribution is 2.21. The minimum Gasteiger partial charge on any atom is -0.325 e. The molecule has 3 heterocycles. The number of pyridine rings is 1. The van der Waals surface area contributed by atoms with E-state index < -0.39 is 0 Å². The zero-order chi connectivity index (χ0) is 18.3. The number of rotatable bonds is 3. The predicted octanol–water partition coefficient (Wildman–Crippen LogP) is 3.52. The van der Waals surface area contributed by atoms with Gasteiger partial charge in [-0.2, -0.15) is 0 Å². The Labute approximate surface area is 153 Å². The summed E-state index contributed by atoms with van der Waals surface area (Å²) in [5.41, 5.74) is 2.10. The summed E-state index contributed by atoms with van der Waals surface area (Å²) in [5, 5.41) is 7.05. The van der Waals surface area contributed by atoms with Crippen LogP contribution in [0.15, 0.2) is 47.4 Å². The molecule has 7 nitrogen and oxygen atoms in total. The summed E-state index contributed by atoms with van der Waals surface area (Å²) in [5.74, 6) is 1.89. The van der Waals surface area contributed by atoms with Gasteiger partial charge in [0.05, 0.1) is 16.6 Å². The van der Waals surface area contributed by atoms with Gasteiger partial charge in [-0.1, -0.05) is 17.7 Å². The number of hydrogen-bond donors (Lipinski definition) is 2. The fourth-order valence-electron chi connectivity index (χ4n) is 2.83. The number of halogens is 1. The molecule has 0 bridgehead atoms. The molecular weight excluding hydrogens is 352 g/mol. The van der Waals surface area contributed by atoms with E-state index in [1.807, 2.05) is 32.0 Å². The van der Waals surface area contributed by atoms with E-state index in [-0.39, 0.29) is 5.56 Å². The number of aromatic amines is 1. The summed E-state index contributed by atoms with van der Waals surface area (Å²) in [4.78, 5) is 25.1. The zero-order valence-corrected chi connectivity index (χ0v) is 14.9. The van der Waals surface area contributed by atoms with Crippen LogP contribution in [-0.2, 0) is 0 Å². The summed E-state index contributed by atoms with van der Waals surface area (Å²) < 4.78 is 1.69. The Morgan fingerprint density at radius 2 is 1.96 bits per heavy atom. The van der Waals surface area contributed by atoms with Gasteiger partial charge in [0.2, 0.25) is 0 Å². The first-order valence-corrected chi connectivity index (χ1v) is 8.33. The minimum absolute atomic E-state index is 0.215. The van der Waals surface area contributed by atoms with E-state index in [4.69, 9.17) is 11.6 Å². The van der Waals surface area contributed by atoms with Crippen LogP contribution in [0.1, 0.15) is 11.5 Å². The van der Waals surface area contributed by atoms with Crippen molar-refractivity contribution in [3.05, 3.63) is 69.5 Å². The van der Waals surface area contributed by atoms with E-state index in [1.54, 1.807) is 29.1 Å². The molecule has 0 saturated heterocycles. The molecule has 0 fully saturated rings. The lowest BCUT2D eigenvalue weighted by Gasteiger charge is -2.08. The van der Waals surface area contributed by atoms with Crippen molar-refractivity contribution in [1.29, 1.82) is 0 Å². The standard InChI is InChI=1S/C18H15ClN6O/c1-10-6-17(22-11(2)21-10)23-16-8-15-14(9-20-16)18(26)24-25(15)13-5-3-4-12(19)7-13/h3-9H,1-2H3,(H,24,26)(H,20,21,22,23). The SMILES string of the molecule is Cc1cc(Nc2cc3c(cn2)c(=O)[nH]n3-c2cccc(Cl)c2)nc(C)n1. The fraction of sp³-hybridized carbons (Fsp3) is 0.111. The second kappa shape index (κ2) is 6.27. The van der Waals surface area contributed by atoms with Crippen LogP contribution in [0.4, 0.5) is 11.6 Å². The summed E-state index contributed by atoms with van der Waals surface area (Å²) >= 11 is 6.08. The van der Waals surface area contributed by atoms with E-state index in [0.29, 0.717) is 33.4 Å². The Balaban J connectivity index is 1.81. The van der Waals surface area contributed by atoms with Crippen molar-refractivity contribution in [3.8, 4) is 5.69 Å². The molecule has 1 aromatic carbocycles. The number of fused-ring (bicyclic) bond motifs is 1. The van der Waals surface area contributed by atoms with Gasteiger partial charge >= 0.3 is 0 Å². The fourth-order valence-corrected chi connectivity index (χ4v) is 3.01. The smallest absolute Gasteiger partial charge is 0.273 e. The van der Waals surface area contributed by atoms with Crippen molar-refractivity contribution in [3.63, 3.8) is 0 Å². The number of hydrogen-bond acceptors (Lipinski definition) is 5. The van der Waals surface area contributed by atoms with Gasteiger partial charge in [0.25, 0.3) is 5.56 Å². The van der Waals surface area contributed by atoms with Crippen LogP contribution < -0.4 is 10.9 Å². The maximum Gasteiger partial charge on any atom is 0.273 e. The first-order valence-electron chi connectivity index (χ1n) is 7.95. The third kappa shape index (κ3) is 3.04. The zero-order valence-electron chi connectivity index (χ0n) is 14.1. The lowest BCUT2D eigenvalue weighted by atomic mass is 10.3. The predicted molar refractivity (Wildman–Crippen MR) is 101 cm³/mol. The van der Waals surface area contributed by atoms with Crippen molar-refractivity contribution >= 4 is 34.1 Å². The Bertz CT molecular complexity index is 1160. The Hall–Kier alpha value is -3.19. The summed E-state index contributed by atoms with van der Waals surface area (Å²) in [7, 11) is 0. The monoisotopic (exact) mass is 366 g/mol. The molecule has 0 saturated carbocycles. The van der Waals surface area contributed by atoms with Gasteiger partial charge in [0, 0.05) is 29.0 Å². The molecule has 0 aliphatic heterocycles. The van der Waals surface area contributed by atoms with Gasteiger partial charge in [0.1, 0.15) is 17.5 Å². The van der Waals surface area contributed by atoms with E-state index in [0.717, 1.165) is 11.4 Å². The Kier molecular flexibility index (Phi) is 3.93. The molecule has 130 valence electrons. The van der Waals surface area contributed by atoms with Crippen LogP contribution >= 0.6 is 11.6 Å². The number of anilines is 2. The quantitative estimate of drug-likeness (QED) is 0.579. The number of aromatic nitrogens is 5. The molecule has 2 N–H and O–H groups in total. The van der Waals surface area contributed by atoms with Crippen LogP contribution in [0.3, 0.4) is 0 Å². The third-order valence-corrected chi connectivity index (χ3v) is 4.10. The van der Waals surface area contributed by atoms with Crippen molar-refractivity contribution in [2.75, 3.05) is 5.32 Å². The van der Waals surface area contributed by atoms with Gasteiger partial charge in [-0.05, 0) is 32.0 Å². The second-order valence-electron chi connectivity index (χ2n) is 5.91. The lowest BCUT2D eigenvalue weighted by molar-refractivity contribution is 0.891. The van der Waals surface area contributed by atoms with Crippen LogP contribution in [0.5, 0.6) is 0 Å². The number of H-pyrrole nitrogens is 1. The van der Waals surface area contributed by atoms with Crippen molar-refractivity contribution in [1.82, 2.24) is 24.7 Å². The average Bonchev–Trinajstić information content (AvgIpc) is 2.90. The molecule has 3 aromatic heterocycles. The van der Waals surface area contributed by atoms with Gasteiger partial charge in [-0.3, -0.25) is 14.6 Å². The highest BCUT2D eigenvalue weighted by molar-refractivity contribution is 6.30. The molecule has 0 amide bonds. The molecule has 0 spiro atoms. The number of aryl methyl sites for hydroxylation is 2. The van der Waals surface area contributed by atoms with E-state index >= 15 is 0 Å². The molecule has 4 rings (SSSR count). The maximum absolute atomic E-state index is 12.2. The Morgan fingerprint density at radius 3 is 2.73 bits per heavy atom. The molecule has 0 aliphatic rings. The second-order valence-corrected chi connectivity index (χ2v) is 6.35. The van der Waals surface area contributed by atoms with Crippen molar-refractivity contribution < 1.29 is 0 Å². The van der Waals surface area contributed by atoms with Crippen LogP contribution in [0.2, 0.25) is 5.02 Å². The number of nitrogens with zero attached hydrogens (tertiary/aromatic N) is 4. The van der Waals surface area contributed by atoms with E-state index in [1.165, 1.54) is 0 Å². The minimum atomic E-state index is -0.215. The van der Waals surface area contributed by atoms with Crippen molar-refractivity contribution in [2.24, 2.45) is 0 Å². The van der Waals surface area contributed by atoms with Gasteiger partial charge in [-0.25, -0.2) is 15.0 Å². The largest absolute Gasteiger partial charge is 0.325 e. The first kappa shape index (κ1) is 16.3. The van der Waals surface area contributed by atoms with Gasteiger partial charge in [-0.15, -0.1) is 0 Å². The third-order valence-electron chi connectivity index (χ3n) is 3.87. The molecule has 26 heavy (non-hydrogen) atoms. The normalized spacial score (nSPS) is 11.0. The van der Waals surface area contributed by atoms with Crippen LogP contribution in [0, 0.1) is 13.8 Å². The van der Waals surface area contributed by atoms with Crippen LogP contribution in [0.25, 0.3) is 16.6 Å². The molecule has 0 radical (unpaired) electrons.